The topological polar surface area (TPSA) is 50.8 Å². The second-order valence-corrected chi connectivity index (χ2v) is 4.22. The van der Waals surface area contributed by atoms with E-state index in [9.17, 15) is 0 Å². The van der Waals surface area contributed by atoms with E-state index in [0.717, 1.165) is 13.0 Å². The molecule has 0 amide bonds. The van der Waals surface area contributed by atoms with Crippen molar-refractivity contribution in [2.24, 2.45) is 10.7 Å². The van der Waals surface area contributed by atoms with E-state index in [1.165, 1.54) is 18.4 Å². The van der Waals surface area contributed by atoms with Gasteiger partial charge in [0.25, 0.3) is 0 Å². The molecule has 0 saturated heterocycles. The molecule has 1 aliphatic carbocycles. The molecule has 2 N–H and O–H groups in total. The van der Waals surface area contributed by atoms with Crippen molar-refractivity contribution in [1.82, 2.24) is 4.90 Å². The summed E-state index contributed by atoms with van der Waals surface area (Å²) in [5.74, 6) is 0.656. The molecule has 0 atom stereocenters. The van der Waals surface area contributed by atoms with Gasteiger partial charge in [0.15, 0.2) is 5.96 Å². The molecule has 0 radical (unpaired) electrons. The van der Waals surface area contributed by atoms with Crippen LogP contribution in [0.5, 0.6) is 0 Å². The third-order valence-electron chi connectivity index (χ3n) is 2.88. The van der Waals surface area contributed by atoms with E-state index in [4.69, 9.17) is 10.5 Å². The van der Waals surface area contributed by atoms with Gasteiger partial charge >= 0.3 is 0 Å². The Labute approximate surface area is 90.8 Å². The monoisotopic (exact) mass is 209 g/mol. The fraction of sp³-hybridized carbons (Fsp3) is 0.727. The second kappa shape index (κ2) is 4.66. The van der Waals surface area contributed by atoms with Gasteiger partial charge in [0.2, 0.25) is 0 Å². The number of hydrogen-bond donors (Lipinski definition) is 1. The Morgan fingerprint density at radius 2 is 2.47 bits per heavy atom. The van der Waals surface area contributed by atoms with Crippen LogP contribution in [-0.4, -0.2) is 43.7 Å². The molecular formula is C11H19N3O. The number of nitrogens with zero attached hydrogens (tertiary/aromatic N) is 2. The Hall–Kier alpha value is -1.03. The highest BCUT2D eigenvalue weighted by Gasteiger charge is 2.27. The molecule has 0 bridgehead atoms. The lowest BCUT2D eigenvalue weighted by Gasteiger charge is -2.18. The minimum atomic E-state index is 0.630. The number of hydrogen-bond acceptors (Lipinski definition) is 2. The van der Waals surface area contributed by atoms with Gasteiger partial charge in [-0.05, 0) is 24.8 Å². The van der Waals surface area contributed by atoms with Crippen LogP contribution < -0.4 is 5.73 Å². The Kier molecular flexibility index (Phi) is 3.26. The summed E-state index contributed by atoms with van der Waals surface area (Å²) in [7, 11) is 2.02. The first kappa shape index (κ1) is 10.5. The minimum Gasteiger partial charge on any atom is -0.377 e. The van der Waals surface area contributed by atoms with Crippen molar-refractivity contribution in [2.45, 2.75) is 25.3 Å². The van der Waals surface area contributed by atoms with Crippen LogP contribution >= 0.6 is 0 Å². The van der Waals surface area contributed by atoms with Crippen molar-refractivity contribution in [2.75, 3.05) is 26.8 Å². The number of ether oxygens (including phenoxy) is 1. The number of guanidine groups is 1. The van der Waals surface area contributed by atoms with Crippen LogP contribution in [0.1, 0.15) is 19.3 Å². The van der Waals surface area contributed by atoms with Gasteiger partial charge in [-0.25, -0.2) is 4.99 Å². The van der Waals surface area contributed by atoms with E-state index in [1.807, 2.05) is 7.05 Å². The summed E-state index contributed by atoms with van der Waals surface area (Å²) >= 11 is 0. The molecule has 2 rings (SSSR count). The molecule has 1 saturated carbocycles. The van der Waals surface area contributed by atoms with E-state index in [-0.39, 0.29) is 0 Å². The minimum absolute atomic E-state index is 0.630. The summed E-state index contributed by atoms with van der Waals surface area (Å²) in [5, 5.41) is 0. The average molecular weight is 209 g/mol. The largest absolute Gasteiger partial charge is 0.377 e. The fourth-order valence-corrected chi connectivity index (χ4v) is 1.66. The highest BCUT2D eigenvalue weighted by Crippen LogP contribution is 2.24. The number of aliphatic imine (C=N–C) groups is 1. The predicted octanol–water partition coefficient (Wildman–Crippen LogP) is 0.742. The summed E-state index contributed by atoms with van der Waals surface area (Å²) in [6.07, 6.45) is 5.71. The molecule has 0 unspecified atom stereocenters. The standard InChI is InChI=1S/C11H19N3O/c1-14(10-4-5-10)11(12)13-7-9-3-2-6-15-8-9/h3,10H,2,4-8H2,1H3,(H2,12,13). The smallest absolute Gasteiger partial charge is 0.191 e. The lowest BCUT2D eigenvalue weighted by molar-refractivity contribution is 0.149. The van der Waals surface area contributed by atoms with E-state index < -0.39 is 0 Å². The molecule has 1 fully saturated rings. The molecule has 84 valence electrons. The van der Waals surface area contributed by atoms with Crippen molar-refractivity contribution in [1.29, 1.82) is 0 Å². The Morgan fingerprint density at radius 3 is 3.07 bits per heavy atom. The van der Waals surface area contributed by atoms with Crippen molar-refractivity contribution in [3.8, 4) is 0 Å². The first-order valence-electron chi connectivity index (χ1n) is 5.56. The van der Waals surface area contributed by atoms with E-state index >= 15 is 0 Å². The van der Waals surface area contributed by atoms with Gasteiger partial charge in [-0.15, -0.1) is 0 Å². The van der Waals surface area contributed by atoms with Gasteiger partial charge < -0.3 is 15.4 Å². The predicted molar refractivity (Wildman–Crippen MR) is 60.8 cm³/mol. The highest BCUT2D eigenvalue weighted by molar-refractivity contribution is 5.78. The summed E-state index contributed by atoms with van der Waals surface area (Å²) in [4.78, 5) is 6.45. The van der Waals surface area contributed by atoms with Gasteiger partial charge in [-0.1, -0.05) is 6.08 Å². The normalized spacial score (nSPS) is 22.5. The fourth-order valence-electron chi connectivity index (χ4n) is 1.66. The molecule has 4 heteroatoms. The molecule has 0 spiro atoms. The zero-order valence-corrected chi connectivity index (χ0v) is 9.28. The van der Waals surface area contributed by atoms with E-state index in [0.29, 0.717) is 25.2 Å². The zero-order chi connectivity index (χ0) is 10.7. The maximum absolute atomic E-state index is 5.88. The third kappa shape index (κ3) is 2.96. The zero-order valence-electron chi connectivity index (χ0n) is 9.28. The van der Waals surface area contributed by atoms with Crippen LogP contribution in [0, 0.1) is 0 Å². The maximum atomic E-state index is 5.88. The molecule has 0 aromatic heterocycles. The van der Waals surface area contributed by atoms with Crippen LogP contribution in [0.4, 0.5) is 0 Å². The van der Waals surface area contributed by atoms with Crippen LogP contribution in [0.15, 0.2) is 16.6 Å². The lowest BCUT2D eigenvalue weighted by Crippen LogP contribution is -2.36. The van der Waals surface area contributed by atoms with E-state index in [2.05, 4.69) is 16.0 Å². The van der Waals surface area contributed by atoms with Crippen LogP contribution in [0.25, 0.3) is 0 Å². The van der Waals surface area contributed by atoms with Gasteiger partial charge in [-0.2, -0.15) is 0 Å². The van der Waals surface area contributed by atoms with Crippen LogP contribution in [0.2, 0.25) is 0 Å². The summed E-state index contributed by atoms with van der Waals surface area (Å²) < 4.78 is 5.34. The van der Waals surface area contributed by atoms with Gasteiger partial charge in [-0.3, -0.25) is 0 Å². The summed E-state index contributed by atoms with van der Waals surface area (Å²) in [6.45, 7) is 2.23. The maximum Gasteiger partial charge on any atom is 0.191 e. The van der Waals surface area contributed by atoms with Gasteiger partial charge in [0.05, 0.1) is 19.8 Å². The van der Waals surface area contributed by atoms with Crippen molar-refractivity contribution in [3.63, 3.8) is 0 Å². The van der Waals surface area contributed by atoms with Gasteiger partial charge in [0.1, 0.15) is 0 Å². The lowest BCUT2D eigenvalue weighted by atomic mass is 10.2. The van der Waals surface area contributed by atoms with Crippen LogP contribution in [0.3, 0.4) is 0 Å². The molecule has 15 heavy (non-hydrogen) atoms. The number of rotatable bonds is 3. The molecule has 0 aromatic rings. The second-order valence-electron chi connectivity index (χ2n) is 4.22. The average Bonchev–Trinajstić information content (AvgIpc) is 3.10. The summed E-state index contributed by atoms with van der Waals surface area (Å²) in [6, 6.07) is 0.630. The molecule has 0 aromatic carbocycles. The van der Waals surface area contributed by atoms with Crippen molar-refractivity contribution >= 4 is 5.96 Å². The quantitative estimate of drug-likeness (QED) is 0.424. The molecular weight excluding hydrogens is 190 g/mol. The SMILES string of the molecule is CN(C(N)=NCC1=CCCOC1)C1CC1. The summed E-state index contributed by atoms with van der Waals surface area (Å²) in [5.41, 5.74) is 7.13. The number of nitrogens with two attached hydrogens (primary N) is 1. The molecule has 4 nitrogen and oxygen atoms in total. The van der Waals surface area contributed by atoms with Gasteiger partial charge in [0, 0.05) is 13.1 Å². The first-order valence-corrected chi connectivity index (χ1v) is 5.56. The molecule has 1 heterocycles. The molecule has 1 aliphatic heterocycles. The Bertz CT molecular complexity index is 282. The Morgan fingerprint density at radius 1 is 1.67 bits per heavy atom. The van der Waals surface area contributed by atoms with Crippen molar-refractivity contribution in [3.05, 3.63) is 11.6 Å². The third-order valence-corrected chi connectivity index (χ3v) is 2.88. The Balaban J connectivity index is 1.83. The highest BCUT2D eigenvalue weighted by atomic mass is 16.5. The first-order chi connectivity index (χ1) is 7.27. The van der Waals surface area contributed by atoms with E-state index in [1.54, 1.807) is 0 Å². The molecule has 2 aliphatic rings. The van der Waals surface area contributed by atoms with Crippen LogP contribution in [-0.2, 0) is 4.74 Å². The van der Waals surface area contributed by atoms with Crippen molar-refractivity contribution < 1.29 is 4.74 Å².